The maximum atomic E-state index is 5.83. The van der Waals surface area contributed by atoms with E-state index in [1.165, 1.54) is 0 Å². The van der Waals surface area contributed by atoms with E-state index in [1.54, 1.807) is 4.68 Å². The topological polar surface area (TPSA) is 86.0 Å². The number of nitrogens with zero attached hydrogens (tertiary/aromatic N) is 5. The highest BCUT2D eigenvalue weighted by molar-refractivity contribution is 5.95. The number of rotatable bonds is 3. The Kier molecular flexibility index (Phi) is 2.59. The molecule has 2 aromatic heterocycles. The van der Waals surface area contributed by atoms with Crippen LogP contribution < -0.4 is 10.6 Å². The zero-order valence-corrected chi connectivity index (χ0v) is 10.7. The minimum Gasteiger partial charge on any atom is -0.397 e. The third-order valence-electron chi connectivity index (χ3n) is 3.01. The van der Waals surface area contributed by atoms with E-state index in [-0.39, 0.29) is 0 Å². The van der Waals surface area contributed by atoms with Gasteiger partial charge in [-0.15, -0.1) is 0 Å². The summed E-state index contributed by atoms with van der Waals surface area (Å²) in [4.78, 5) is 2.06. The van der Waals surface area contributed by atoms with Gasteiger partial charge in [0.25, 0.3) is 0 Å². The Morgan fingerprint density at radius 2 is 2.11 bits per heavy atom. The molecular formula is C12H14N6O. The van der Waals surface area contributed by atoms with Crippen molar-refractivity contribution in [3.8, 4) is 0 Å². The molecule has 1 aromatic carbocycles. The molecule has 0 atom stereocenters. The Labute approximate surface area is 109 Å². The molecule has 0 fully saturated rings. The largest absolute Gasteiger partial charge is 0.397 e. The lowest BCUT2D eigenvalue weighted by Gasteiger charge is -2.18. The van der Waals surface area contributed by atoms with Crippen LogP contribution in [0.2, 0.25) is 0 Å². The van der Waals surface area contributed by atoms with Gasteiger partial charge in [-0.25, -0.2) is 4.63 Å². The SMILES string of the molecule is CN(Cc1cnn(C)c1)c1ccc(N)c2nonc12. The van der Waals surface area contributed by atoms with Crippen LogP contribution >= 0.6 is 0 Å². The molecule has 0 spiro atoms. The van der Waals surface area contributed by atoms with Gasteiger partial charge in [0.05, 0.1) is 17.6 Å². The van der Waals surface area contributed by atoms with Crippen molar-refractivity contribution in [2.75, 3.05) is 17.7 Å². The second-order valence-corrected chi connectivity index (χ2v) is 4.51. The molecule has 0 aliphatic heterocycles. The van der Waals surface area contributed by atoms with Gasteiger partial charge in [0.15, 0.2) is 11.0 Å². The molecule has 98 valence electrons. The zero-order chi connectivity index (χ0) is 13.4. The molecule has 3 rings (SSSR count). The van der Waals surface area contributed by atoms with Gasteiger partial charge in [-0.3, -0.25) is 4.68 Å². The lowest BCUT2D eigenvalue weighted by Crippen LogP contribution is -2.16. The lowest BCUT2D eigenvalue weighted by molar-refractivity contribution is 0.315. The Hall–Kier alpha value is -2.57. The zero-order valence-electron chi connectivity index (χ0n) is 10.7. The molecule has 0 bridgehead atoms. The number of nitrogen functional groups attached to an aromatic ring is 1. The van der Waals surface area contributed by atoms with Gasteiger partial charge in [0.1, 0.15) is 0 Å². The summed E-state index contributed by atoms with van der Waals surface area (Å²) < 4.78 is 6.54. The molecule has 0 radical (unpaired) electrons. The van der Waals surface area contributed by atoms with Crippen LogP contribution in [-0.4, -0.2) is 27.1 Å². The molecule has 19 heavy (non-hydrogen) atoms. The Balaban J connectivity index is 1.95. The second-order valence-electron chi connectivity index (χ2n) is 4.51. The van der Waals surface area contributed by atoms with E-state index in [1.807, 2.05) is 38.6 Å². The number of aryl methyl sites for hydroxylation is 1. The first kappa shape index (κ1) is 11.5. The van der Waals surface area contributed by atoms with Crippen molar-refractivity contribution in [1.82, 2.24) is 20.1 Å². The Morgan fingerprint density at radius 1 is 1.32 bits per heavy atom. The number of aromatic nitrogens is 4. The Bertz CT molecular complexity index is 716. The molecule has 3 aromatic rings. The van der Waals surface area contributed by atoms with Crippen molar-refractivity contribution in [2.24, 2.45) is 7.05 Å². The van der Waals surface area contributed by atoms with E-state index in [0.717, 1.165) is 17.8 Å². The summed E-state index contributed by atoms with van der Waals surface area (Å²) in [6.07, 6.45) is 3.82. The maximum absolute atomic E-state index is 5.83. The monoisotopic (exact) mass is 258 g/mol. The van der Waals surface area contributed by atoms with Crippen LogP contribution in [0.5, 0.6) is 0 Å². The quantitative estimate of drug-likeness (QED) is 0.710. The van der Waals surface area contributed by atoms with E-state index in [4.69, 9.17) is 10.4 Å². The second kappa shape index (κ2) is 4.27. The maximum Gasteiger partial charge on any atom is 0.160 e. The molecule has 7 heteroatoms. The average molecular weight is 258 g/mol. The molecule has 0 aliphatic rings. The van der Waals surface area contributed by atoms with E-state index < -0.39 is 0 Å². The van der Waals surface area contributed by atoms with Crippen molar-refractivity contribution in [1.29, 1.82) is 0 Å². The molecule has 2 heterocycles. The Morgan fingerprint density at radius 3 is 2.84 bits per heavy atom. The minimum atomic E-state index is 0.565. The average Bonchev–Trinajstić information content (AvgIpc) is 2.99. The fourth-order valence-corrected chi connectivity index (χ4v) is 2.09. The number of anilines is 2. The van der Waals surface area contributed by atoms with Gasteiger partial charge in [0, 0.05) is 32.4 Å². The summed E-state index contributed by atoms with van der Waals surface area (Å²) in [6.45, 7) is 0.722. The first-order valence-electron chi connectivity index (χ1n) is 5.84. The van der Waals surface area contributed by atoms with Crippen LogP contribution in [0, 0.1) is 0 Å². The predicted octanol–water partition coefficient (Wildman–Crippen LogP) is 1.17. The highest BCUT2D eigenvalue weighted by atomic mass is 16.6. The third kappa shape index (κ3) is 1.99. The molecule has 7 nitrogen and oxygen atoms in total. The normalized spacial score (nSPS) is 11.1. The summed E-state index contributed by atoms with van der Waals surface area (Å²) >= 11 is 0. The van der Waals surface area contributed by atoms with Crippen LogP contribution in [0.25, 0.3) is 11.0 Å². The molecular weight excluding hydrogens is 244 g/mol. The van der Waals surface area contributed by atoms with Crippen LogP contribution in [-0.2, 0) is 13.6 Å². The first-order chi connectivity index (χ1) is 9.15. The smallest absolute Gasteiger partial charge is 0.160 e. The molecule has 0 saturated heterocycles. The van der Waals surface area contributed by atoms with Crippen LogP contribution in [0.15, 0.2) is 29.2 Å². The van der Waals surface area contributed by atoms with E-state index in [2.05, 4.69) is 20.3 Å². The van der Waals surface area contributed by atoms with Crippen molar-refractivity contribution in [3.05, 3.63) is 30.1 Å². The first-order valence-corrected chi connectivity index (χ1v) is 5.84. The van der Waals surface area contributed by atoms with Crippen LogP contribution in [0.4, 0.5) is 11.4 Å². The summed E-state index contributed by atoms with van der Waals surface area (Å²) in [5.41, 5.74) is 9.70. The fourth-order valence-electron chi connectivity index (χ4n) is 2.09. The summed E-state index contributed by atoms with van der Waals surface area (Å²) in [5.74, 6) is 0. The molecule has 0 aliphatic carbocycles. The molecule has 0 saturated carbocycles. The van der Waals surface area contributed by atoms with Crippen molar-refractivity contribution >= 4 is 22.4 Å². The van der Waals surface area contributed by atoms with Gasteiger partial charge in [0.2, 0.25) is 0 Å². The fraction of sp³-hybridized carbons (Fsp3) is 0.250. The van der Waals surface area contributed by atoms with E-state index in [9.17, 15) is 0 Å². The van der Waals surface area contributed by atoms with E-state index in [0.29, 0.717) is 16.7 Å². The summed E-state index contributed by atoms with van der Waals surface area (Å²) in [5, 5.41) is 11.9. The van der Waals surface area contributed by atoms with Gasteiger partial charge in [-0.05, 0) is 22.4 Å². The van der Waals surface area contributed by atoms with Gasteiger partial charge < -0.3 is 10.6 Å². The number of hydrogen-bond donors (Lipinski definition) is 1. The highest BCUT2D eigenvalue weighted by Crippen LogP contribution is 2.28. The van der Waals surface area contributed by atoms with Crippen molar-refractivity contribution < 1.29 is 4.63 Å². The van der Waals surface area contributed by atoms with Crippen molar-refractivity contribution in [2.45, 2.75) is 6.54 Å². The lowest BCUT2D eigenvalue weighted by atomic mass is 10.2. The third-order valence-corrected chi connectivity index (χ3v) is 3.01. The summed E-state index contributed by atoms with van der Waals surface area (Å²) in [7, 11) is 3.87. The number of benzene rings is 1. The van der Waals surface area contributed by atoms with Gasteiger partial charge in [-0.2, -0.15) is 5.10 Å². The van der Waals surface area contributed by atoms with Gasteiger partial charge in [-0.1, -0.05) is 0 Å². The molecule has 0 amide bonds. The predicted molar refractivity (Wildman–Crippen MR) is 71.5 cm³/mol. The summed E-state index contributed by atoms with van der Waals surface area (Å²) in [6, 6.07) is 3.72. The van der Waals surface area contributed by atoms with Crippen LogP contribution in [0.1, 0.15) is 5.56 Å². The highest BCUT2D eigenvalue weighted by Gasteiger charge is 2.13. The number of nitrogens with two attached hydrogens (primary N) is 1. The number of fused-ring (bicyclic) bond motifs is 1. The van der Waals surface area contributed by atoms with Gasteiger partial charge >= 0.3 is 0 Å². The minimum absolute atomic E-state index is 0.565. The van der Waals surface area contributed by atoms with Crippen LogP contribution in [0.3, 0.4) is 0 Å². The standard InChI is InChI=1S/C12H14N6O/c1-17(6-8-5-14-18(2)7-8)10-4-3-9(13)11-12(10)16-19-15-11/h3-5,7H,6,13H2,1-2H3. The molecule has 0 unspecified atom stereocenters. The van der Waals surface area contributed by atoms with Crippen molar-refractivity contribution in [3.63, 3.8) is 0 Å². The van der Waals surface area contributed by atoms with E-state index >= 15 is 0 Å². The number of hydrogen-bond acceptors (Lipinski definition) is 6. The molecule has 2 N–H and O–H groups in total.